The number of amides is 2. The standard InChI is InChI=1S/C28H39N3O3/c1-18-7-10-20(11-8-18)16-29-24-5-3-4-6-26(24)34-22-12-13-23-21(15-22)17-31(28(23)33)25-14-9-19(2)30-27(25)32/h12-13,15,18,20,24-26,29H,2-11,14,16-17H2,1H3,(H,30,32). The first-order valence-electron chi connectivity index (χ1n) is 13.3. The zero-order valence-corrected chi connectivity index (χ0v) is 20.5. The molecule has 2 saturated carbocycles. The Morgan fingerprint density at radius 2 is 1.88 bits per heavy atom. The SMILES string of the molecule is C=C1CCC(N2Cc3cc(OC4CCCCC4NCC4CCC(C)CC4)ccc3C2=O)C(=O)N1. The van der Waals surface area contributed by atoms with Gasteiger partial charge in [-0.05, 0) is 87.1 Å². The van der Waals surface area contributed by atoms with E-state index >= 15 is 0 Å². The minimum Gasteiger partial charge on any atom is -0.489 e. The molecule has 184 valence electrons. The Balaban J connectivity index is 1.21. The zero-order chi connectivity index (χ0) is 23.7. The highest BCUT2D eigenvalue weighted by Gasteiger charge is 2.38. The van der Waals surface area contributed by atoms with Crippen LogP contribution < -0.4 is 15.4 Å². The number of piperidine rings is 1. The summed E-state index contributed by atoms with van der Waals surface area (Å²) in [5.41, 5.74) is 2.38. The average molecular weight is 466 g/mol. The fourth-order valence-corrected chi connectivity index (χ4v) is 6.20. The summed E-state index contributed by atoms with van der Waals surface area (Å²) in [4.78, 5) is 27.2. The van der Waals surface area contributed by atoms with Crippen molar-refractivity contribution in [2.75, 3.05) is 6.54 Å². The van der Waals surface area contributed by atoms with Crippen LogP contribution in [-0.4, -0.2) is 41.4 Å². The molecular weight excluding hydrogens is 426 g/mol. The number of nitrogens with one attached hydrogen (secondary N) is 2. The Hall–Kier alpha value is -2.34. The van der Waals surface area contributed by atoms with Crippen molar-refractivity contribution < 1.29 is 14.3 Å². The molecule has 0 radical (unpaired) electrons. The zero-order valence-electron chi connectivity index (χ0n) is 20.5. The van der Waals surface area contributed by atoms with Crippen LogP contribution >= 0.6 is 0 Å². The smallest absolute Gasteiger partial charge is 0.255 e. The molecule has 6 nitrogen and oxygen atoms in total. The Bertz CT molecular complexity index is 937. The van der Waals surface area contributed by atoms with E-state index in [4.69, 9.17) is 4.74 Å². The van der Waals surface area contributed by atoms with Gasteiger partial charge in [0.2, 0.25) is 5.91 Å². The van der Waals surface area contributed by atoms with Crippen molar-refractivity contribution in [1.82, 2.24) is 15.5 Å². The molecule has 3 atom stereocenters. The second-order valence-corrected chi connectivity index (χ2v) is 11.0. The lowest BCUT2D eigenvalue weighted by Gasteiger charge is -2.35. The predicted molar refractivity (Wildman–Crippen MR) is 132 cm³/mol. The molecule has 2 heterocycles. The summed E-state index contributed by atoms with van der Waals surface area (Å²) in [5.74, 6) is 2.33. The van der Waals surface area contributed by atoms with E-state index in [-0.39, 0.29) is 17.9 Å². The number of hydrogen-bond donors (Lipinski definition) is 2. The van der Waals surface area contributed by atoms with Crippen molar-refractivity contribution in [3.63, 3.8) is 0 Å². The number of carbonyl (C=O) groups excluding carboxylic acids is 2. The summed E-state index contributed by atoms with van der Waals surface area (Å²) in [6.07, 6.45) is 11.6. The van der Waals surface area contributed by atoms with Gasteiger partial charge in [0.1, 0.15) is 17.9 Å². The molecule has 2 aliphatic heterocycles. The number of benzene rings is 1. The molecule has 1 saturated heterocycles. The summed E-state index contributed by atoms with van der Waals surface area (Å²) in [6, 6.07) is 5.78. The van der Waals surface area contributed by atoms with E-state index < -0.39 is 6.04 Å². The molecule has 5 rings (SSSR count). The molecule has 2 N–H and O–H groups in total. The molecule has 0 bridgehead atoms. The lowest BCUT2D eigenvalue weighted by Crippen LogP contribution is -2.49. The summed E-state index contributed by atoms with van der Waals surface area (Å²) < 4.78 is 6.52. The molecule has 6 heteroatoms. The normalized spacial score (nSPS) is 31.9. The Labute approximate surface area is 203 Å². The minimum atomic E-state index is -0.426. The van der Waals surface area contributed by atoms with Crippen LogP contribution in [0.5, 0.6) is 5.75 Å². The van der Waals surface area contributed by atoms with Crippen LogP contribution in [0.15, 0.2) is 30.5 Å². The monoisotopic (exact) mass is 465 g/mol. The largest absolute Gasteiger partial charge is 0.489 e. The van der Waals surface area contributed by atoms with Crippen LogP contribution in [0.4, 0.5) is 0 Å². The molecule has 4 aliphatic rings. The van der Waals surface area contributed by atoms with Crippen molar-refractivity contribution in [2.45, 2.75) is 95.9 Å². The van der Waals surface area contributed by atoms with Gasteiger partial charge < -0.3 is 20.3 Å². The van der Waals surface area contributed by atoms with Gasteiger partial charge in [0.05, 0.1) is 0 Å². The third-order valence-electron chi connectivity index (χ3n) is 8.40. The average Bonchev–Trinajstić information content (AvgIpc) is 3.15. The van der Waals surface area contributed by atoms with E-state index in [2.05, 4.69) is 24.1 Å². The van der Waals surface area contributed by atoms with Gasteiger partial charge >= 0.3 is 0 Å². The van der Waals surface area contributed by atoms with Crippen molar-refractivity contribution in [2.24, 2.45) is 11.8 Å². The topological polar surface area (TPSA) is 70.7 Å². The maximum absolute atomic E-state index is 13.0. The molecule has 0 aromatic heterocycles. The van der Waals surface area contributed by atoms with Gasteiger partial charge in [-0.25, -0.2) is 0 Å². The number of nitrogens with zero attached hydrogens (tertiary/aromatic N) is 1. The summed E-state index contributed by atoms with van der Waals surface area (Å²) >= 11 is 0. The highest BCUT2D eigenvalue weighted by atomic mass is 16.5. The summed E-state index contributed by atoms with van der Waals surface area (Å²) in [7, 11) is 0. The third-order valence-corrected chi connectivity index (χ3v) is 8.40. The van der Waals surface area contributed by atoms with Crippen molar-refractivity contribution in [1.29, 1.82) is 0 Å². The highest BCUT2D eigenvalue weighted by Crippen LogP contribution is 2.33. The van der Waals surface area contributed by atoms with E-state index in [9.17, 15) is 9.59 Å². The molecule has 1 aromatic carbocycles. The predicted octanol–water partition coefficient (Wildman–Crippen LogP) is 4.54. The second kappa shape index (κ2) is 10.1. The lowest BCUT2D eigenvalue weighted by atomic mass is 9.82. The van der Waals surface area contributed by atoms with Crippen LogP contribution in [0.25, 0.3) is 0 Å². The molecule has 34 heavy (non-hydrogen) atoms. The van der Waals surface area contributed by atoms with Crippen LogP contribution in [0.3, 0.4) is 0 Å². The molecular formula is C28H39N3O3. The van der Waals surface area contributed by atoms with Crippen molar-refractivity contribution in [3.8, 4) is 5.75 Å². The maximum atomic E-state index is 13.0. The Morgan fingerprint density at radius 3 is 2.68 bits per heavy atom. The molecule has 3 fully saturated rings. The van der Waals surface area contributed by atoms with Crippen molar-refractivity contribution in [3.05, 3.63) is 41.6 Å². The number of fused-ring (bicyclic) bond motifs is 1. The van der Waals surface area contributed by atoms with Crippen molar-refractivity contribution >= 4 is 11.8 Å². The highest BCUT2D eigenvalue weighted by molar-refractivity contribution is 6.01. The van der Waals surface area contributed by atoms with E-state index in [1.54, 1.807) is 4.90 Å². The van der Waals surface area contributed by atoms with Gasteiger partial charge in [0, 0.05) is 23.8 Å². The number of rotatable bonds is 6. The van der Waals surface area contributed by atoms with Gasteiger partial charge in [-0.2, -0.15) is 0 Å². The number of ether oxygens (including phenoxy) is 1. The fraction of sp³-hybridized carbons (Fsp3) is 0.643. The Kier molecular flexibility index (Phi) is 6.96. The number of allylic oxidation sites excluding steroid dienone is 1. The maximum Gasteiger partial charge on any atom is 0.255 e. The van der Waals surface area contributed by atoms with Crippen LogP contribution in [0.1, 0.15) is 87.1 Å². The van der Waals surface area contributed by atoms with Gasteiger partial charge in [-0.1, -0.05) is 32.8 Å². The summed E-state index contributed by atoms with van der Waals surface area (Å²) in [6.45, 7) is 7.78. The second-order valence-electron chi connectivity index (χ2n) is 11.0. The number of hydrogen-bond acceptors (Lipinski definition) is 4. The van der Waals surface area contributed by atoms with E-state index in [0.29, 0.717) is 31.0 Å². The van der Waals surface area contributed by atoms with E-state index in [1.165, 1.54) is 38.5 Å². The van der Waals surface area contributed by atoms with Crippen LogP contribution in [0, 0.1) is 11.8 Å². The van der Waals surface area contributed by atoms with Gasteiger partial charge in [-0.15, -0.1) is 0 Å². The van der Waals surface area contributed by atoms with E-state index in [1.807, 2.05) is 18.2 Å². The molecule has 3 unspecified atom stereocenters. The molecule has 1 aromatic rings. The summed E-state index contributed by atoms with van der Waals surface area (Å²) in [5, 5.41) is 6.66. The minimum absolute atomic E-state index is 0.0618. The fourth-order valence-electron chi connectivity index (χ4n) is 6.20. The van der Waals surface area contributed by atoms with Crippen LogP contribution in [0.2, 0.25) is 0 Å². The van der Waals surface area contributed by atoms with Gasteiger partial charge in [0.15, 0.2) is 0 Å². The molecule has 2 amide bonds. The molecule has 2 aliphatic carbocycles. The quantitative estimate of drug-likeness (QED) is 0.647. The first-order valence-corrected chi connectivity index (χ1v) is 13.3. The van der Waals surface area contributed by atoms with Gasteiger partial charge in [0.25, 0.3) is 5.91 Å². The third kappa shape index (κ3) is 5.02. The van der Waals surface area contributed by atoms with Gasteiger partial charge in [-0.3, -0.25) is 9.59 Å². The lowest BCUT2D eigenvalue weighted by molar-refractivity contribution is -0.126. The van der Waals surface area contributed by atoms with E-state index in [0.717, 1.165) is 48.2 Å². The first kappa shape index (κ1) is 23.4. The van der Waals surface area contributed by atoms with Crippen LogP contribution in [-0.2, 0) is 11.3 Å². The Morgan fingerprint density at radius 1 is 1.09 bits per heavy atom. The first-order chi connectivity index (χ1) is 16.5. The molecule has 0 spiro atoms. The number of carbonyl (C=O) groups is 2.